The molecule has 0 amide bonds. The number of aliphatic hydroxyl groups excluding tert-OH is 1. The molecule has 44 heavy (non-hydrogen) atoms. The Morgan fingerprint density at radius 3 is 2.34 bits per heavy atom. The summed E-state index contributed by atoms with van der Waals surface area (Å²) in [7, 11) is 0. The summed E-state index contributed by atoms with van der Waals surface area (Å²) in [5.41, 5.74) is 6.73. The molecule has 220 valence electrons. The molecule has 3 aliphatic rings. The Morgan fingerprint density at radius 1 is 0.909 bits per heavy atom. The summed E-state index contributed by atoms with van der Waals surface area (Å²) in [6.45, 7) is 1.62. The number of esters is 1. The Hall–Kier alpha value is -4.99. The highest BCUT2D eigenvalue weighted by Crippen LogP contribution is 2.42. The monoisotopic (exact) mass is 587 g/mol. The normalized spacial score (nSPS) is 16.1. The van der Waals surface area contributed by atoms with E-state index >= 15 is 0 Å². The van der Waals surface area contributed by atoms with Crippen LogP contribution in [0.25, 0.3) is 22.3 Å². The lowest BCUT2D eigenvalue weighted by atomic mass is 9.88. The van der Waals surface area contributed by atoms with Gasteiger partial charge in [0.05, 0.1) is 29.0 Å². The first kappa shape index (κ1) is 26.6. The zero-order valence-electron chi connectivity index (χ0n) is 23.8. The van der Waals surface area contributed by atoms with Gasteiger partial charge in [0.25, 0.3) is 5.56 Å². The molecule has 1 atom stereocenters. The van der Waals surface area contributed by atoms with Gasteiger partial charge in [-0.25, -0.2) is 9.78 Å². The van der Waals surface area contributed by atoms with Gasteiger partial charge >= 0.3 is 5.97 Å². The maximum atomic E-state index is 13.6. The number of benzene rings is 3. The Morgan fingerprint density at radius 2 is 1.61 bits per heavy atom. The van der Waals surface area contributed by atoms with E-state index in [0.29, 0.717) is 41.5 Å². The SMILES string of the molecule is O=C1OCc2c(cc3n(c2=O)Cc2c-3nc3cc4c(cc3c2CNCCC(c2ccccc2)c2ccccc2)OCO4)C1O. The molecule has 3 aromatic carbocycles. The third-order valence-electron chi connectivity index (χ3n) is 8.88. The van der Waals surface area contributed by atoms with Crippen molar-refractivity contribution in [2.75, 3.05) is 13.3 Å². The molecule has 0 saturated carbocycles. The molecule has 5 heterocycles. The van der Waals surface area contributed by atoms with Crippen LogP contribution in [-0.2, 0) is 29.2 Å². The van der Waals surface area contributed by atoms with Crippen LogP contribution in [0.3, 0.4) is 0 Å². The minimum absolute atomic E-state index is 0.150. The summed E-state index contributed by atoms with van der Waals surface area (Å²) < 4.78 is 18.1. The number of aliphatic hydroxyl groups is 1. The van der Waals surface area contributed by atoms with E-state index in [9.17, 15) is 14.7 Å². The van der Waals surface area contributed by atoms with E-state index in [1.54, 1.807) is 10.6 Å². The molecule has 0 saturated heterocycles. The molecule has 1 unspecified atom stereocenters. The molecule has 0 radical (unpaired) electrons. The van der Waals surface area contributed by atoms with Gasteiger partial charge in [-0.2, -0.15) is 0 Å². The lowest BCUT2D eigenvalue weighted by Crippen LogP contribution is -2.32. The van der Waals surface area contributed by atoms with Crippen molar-refractivity contribution in [1.82, 2.24) is 14.9 Å². The van der Waals surface area contributed by atoms with Gasteiger partial charge in [-0.1, -0.05) is 60.7 Å². The van der Waals surface area contributed by atoms with Crippen molar-refractivity contribution in [3.8, 4) is 22.9 Å². The molecular weight excluding hydrogens is 558 g/mol. The molecule has 9 heteroatoms. The van der Waals surface area contributed by atoms with E-state index in [2.05, 4.69) is 53.8 Å². The second-order valence-electron chi connectivity index (χ2n) is 11.3. The minimum Gasteiger partial charge on any atom is -0.458 e. The number of carbonyl (C=O) groups excluding carboxylic acids is 1. The molecule has 0 spiro atoms. The number of fused-ring (bicyclic) bond motifs is 6. The second-order valence-corrected chi connectivity index (χ2v) is 11.3. The lowest BCUT2D eigenvalue weighted by molar-refractivity contribution is -0.157. The predicted molar refractivity (Wildman–Crippen MR) is 162 cm³/mol. The molecule has 0 aliphatic carbocycles. The van der Waals surface area contributed by atoms with Crippen molar-refractivity contribution in [1.29, 1.82) is 0 Å². The fraction of sp³-hybridized carbons (Fsp3) is 0.229. The lowest BCUT2D eigenvalue weighted by Gasteiger charge is -2.21. The number of pyridine rings is 2. The van der Waals surface area contributed by atoms with Crippen LogP contribution < -0.4 is 20.3 Å². The fourth-order valence-corrected chi connectivity index (χ4v) is 6.66. The molecule has 8 rings (SSSR count). The van der Waals surface area contributed by atoms with Crippen LogP contribution in [0.2, 0.25) is 0 Å². The van der Waals surface area contributed by atoms with Crippen LogP contribution in [-0.4, -0.2) is 34.0 Å². The number of nitrogens with zero attached hydrogens (tertiary/aromatic N) is 2. The van der Waals surface area contributed by atoms with Crippen molar-refractivity contribution >= 4 is 16.9 Å². The van der Waals surface area contributed by atoms with Crippen molar-refractivity contribution < 1.29 is 24.1 Å². The van der Waals surface area contributed by atoms with Gasteiger partial charge in [-0.05, 0) is 41.8 Å². The highest BCUT2D eigenvalue weighted by molar-refractivity contribution is 5.91. The van der Waals surface area contributed by atoms with E-state index in [-0.39, 0.29) is 30.4 Å². The average Bonchev–Trinajstić information content (AvgIpc) is 3.67. The number of carbonyl (C=O) groups is 1. The van der Waals surface area contributed by atoms with Crippen LogP contribution >= 0.6 is 0 Å². The van der Waals surface area contributed by atoms with Gasteiger partial charge in [0.2, 0.25) is 6.79 Å². The quantitative estimate of drug-likeness (QED) is 0.207. The van der Waals surface area contributed by atoms with Crippen LogP contribution in [0.15, 0.2) is 83.7 Å². The van der Waals surface area contributed by atoms with Crippen LogP contribution in [0.5, 0.6) is 11.5 Å². The Kier molecular flexibility index (Phi) is 6.43. The molecule has 2 aromatic heterocycles. The number of cyclic esters (lactones) is 1. The number of nitrogens with one attached hydrogen (secondary N) is 1. The van der Waals surface area contributed by atoms with Crippen molar-refractivity contribution in [2.45, 2.75) is 38.1 Å². The molecule has 9 nitrogen and oxygen atoms in total. The highest BCUT2D eigenvalue weighted by atomic mass is 16.7. The van der Waals surface area contributed by atoms with Gasteiger partial charge in [0.15, 0.2) is 17.6 Å². The maximum Gasteiger partial charge on any atom is 0.340 e. The van der Waals surface area contributed by atoms with E-state index in [4.69, 9.17) is 19.2 Å². The Bertz CT molecular complexity index is 1950. The Labute approximate surface area is 252 Å². The summed E-state index contributed by atoms with van der Waals surface area (Å²) in [6.07, 6.45) is -0.608. The summed E-state index contributed by atoms with van der Waals surface area (Å²) in [5, 5.41) is 15.1. The van der Waals surface area contributed by atoms with Gasteiger partial charge in [-0.3, -0.25) is 4.79 Å². The van der Waals surface area contributed by atoms with Crippen molar-refractivity contribution in [2.24, 2.45) is 0 Å². The van der Waals surface area contributed by atoms with E-state index in [0.717, 1.165) is 35.0 Å². The molecule has 2 N–H and O–H groups in total. The number of rotatable bonds is 7. The number of hydrogen-bond acceptors (Lipinski definition) is 8. The van der Waals surface area contributed by atoms with Gasteiger partial charge in [-0.15, -0.1) is 0 Å². The third-order valence-corrected chi connectivity index (χ3v) is 8.88. The number of hydrogen-bond donors (Lipinski definition) is 2. The summed E-state index contributed by atoms with van der Waals surface area (Å²) in [5.74, 6) is 0.768. The number of aromatic nitrogens is 2. The Balaban J connectivity index is 1.16. The van der Waals surface area contributed by atoms with Crippen LogP contribution in [0.1, 0.15) is 51.8 Å². The third kappa shape index (κ3) is 4.35. The van der Waals surface area contributed by atoms with Crippen LogP contribution in [0, 0.1) is 0 Å². The molecule has 3 aliphatic heterocycles. The minimum atomic E-state index is -1.50. The summed E-state index contributed by atoms with van der Waals surface area (Å²) in [4.78, 5) is 30.7. The van der Waals surface area contributed by atoms with E-state index in [1.807, 2.05) is 24.3 Å². The molecule has 0 fully saturated rings. The zero-order valence-corrected chi connectivity index (χ0v) is 23.8. The first-order chi connectivity index (χ1) is 21.6. The zero-order chi connectivity index (χ0) is 29.8. The topological polar surface area (TPSA) is 112 Å². The predicted octanol–water partition coefficient (Wildman–Crippen LogP) is 4.56. The van der Waals surface area contributed by atoms with E-state index < -0.39 is 12.1 Å². The van der Waals surface area contributed by atoms with Crippen molar-refractivity contribution in [3.63, 3.8) is 0 Å². The van der Waals surface area contributed by atoms with E-state index in [1.165, 1.54) is 11.1 Å². The first-order valence-corrected chi connectivity index (χ1v) is 14.7. The first-order valence-electron chi connectivity index (χ1n) is 14.7. The molecule has 0 bridgehead atoms. The van der Waals surface area contributed by atoms with Crippen LogP contribution in [0.4, 0.5) is 0 Å². The highest BCUT2D eigenvalue weighted by Gasteiger charge is 2.35. The maximum absolute atomic E-state index is 13.6. The molecule has 5 aromatic rings. The number of ether oxygens (including phenoxy) is 3. The molecular formula is C35H29N3O6. The fourth-order valence-electron chi connectivity index (χ4n) is 6.66. The largest absolute Gasteiger partial charge is 0.458 e. The summed E-state index contributed by atoms with van der Waals surface area (Å²) in [6, 6.07) is 26.6. The van der Waals surface area contributed by atoms with Gasteiger partial charge < -0.3 is 29.2 Å². The smallest absolute Gasteiger partial charge is 0.340 e. The average molecular weight is 588 g/mol. The standard InChI is InChI=1S/C35H29N3O6/c39-33-24-13-29-32-26(17-38(29)34(40)27(24)18-42-35(33)41)25(23-14-30-31(44-19-43-30)15-28(23)37-32)16-36-12-11-22(20-7-3-1-4-8-20)21-9-5-2-6-10-21/h1-10,13-15,22,33,36,39H,11-12,16-19H2. The van der Waals surface area contributed by atoms with Gasteiger partial charge in [0, 0.05) is 35.0 Å². The van der Waals surface area contributed by atoms with Gasteiger partial charge in [0.1, 0.15) is 6.61 Å². The second kappa shape index (κ2) is 10.6. The van der Waals surface area contributed by atoms with Crippen molar-refractivity contribution in [3.05, 3.63) is 123 Å². The summed E-state index contributed by atoms with van der Waals surface area (Å²) >= 11 is 0.